The van der Waals surface area contributed by atoms with Crippen molar-refractivity contribution in [3.05, 3.63) is 71.4 Å². The summed E-state index contributed by atoms with van der Waals surface area (Å²) < 4.78 is 36.2. The van der Waals surface area contributed by atoms with Crippen LogP contribution in [0.1, 0.15) is 20.7 Å². The number of ether oxygens (including phenoxy) is 1. The van der Waals surface area contributed by atoms with Crippen LogP contribution in [-0.4, -0.2) is 24.1 Å². The van der Waals surface area contributed by atoms with E-state index in [1.807, 2.05) is 0 Å². The summed E-state index contributed by atoms with van der Waals surface area (Å²) in [5.74, 6) is -3.39. The van der Waals surface area contributed by atoms with E-state index in [9.17, 15) is 18.4 Å². The number of carbonyl (C=O) groups is 2. The van der Waals surface area contributed by atoms with Crippen LogP contribution in [0.2, 0.25) is 0 Å². The van der Waals surface area contributed by atoms with Gasteiger partial charge in [0.1, 0.15) is 5.56 Å². The zero-order valence-corrected chi connectivity index (χ0v) is 13.5. The molecule has 0 bridgehead atoms. The fourth-order valence-electron chi connectivity index (χ4n) is 2.32. The Bertz CT molecular complexity index is 985. The smallest absolute Gasteiger partial charge is 0.339 e. The molecule has 132 valence electrons. The molecule has 1 heterocycles. The number of nitrogens with one attached hydrogen (secondary N) is 1. The molecule has 1 amide bonds. The van der Waals surface area contributed by atoms with Crippen LogP contribution in [-0.2, 0) is 4.74 Å². The lowest BCUT2D eigenvalue weighted by Gasteiger charge is -2.09. The van der Waals surface area contributed by atoms with E-state index in [2.05, 4.69) is 15.2 Å². The highest BCUT2D eigenvalue weighted by molar-refractivity contribution is 6.10. The lowest BCUT2D eigenvalue weighted by molar-refractivity contribution is 0.0602. The van der Waals surface area contributed by atoms with E-state index in [-0.39, 0.29) is 28.1 Å². The molecule has 0 saturated heterocycles. The minimum atomic E-state index is -1.08. The molecular formula is C18H12F2N2O4. The molecule has 0 radical (unpaired) electrons. The maximum Gasteiger partial charge on any atom is 0.339 e. The molecule has 6 nitrogen and oxygen atoms in total. The predicted molar refractivity (Wildman–Crippen MR) is 87.6 cm³/mol. The topological polar surface area (TPSA) is 81.4 Å². The molecule has 3 aromatic rings. The summed E-state index contributed by atoms with van der Waals surface area (Å²) in [5, 5.41) is 6.10. The number of nitrogens with zero attached hydrogens (tertiary/aromatic N) is 1. The van der Waals surface area contributed by atoms with E-state index in [0.29, 0.717) is 0 Å². The molecule has 8 heteroatoms. The summed E-state index contributed by atoms with van der Waals surface area (Å²) in [6, 6.07) is 9.34. The lowest BCUT2D eigenvalue weighted by atomic mass is 10.1. The number of esters is 1. The number of amides is 1. The highest BCUT2D eigenvalue weighted by Gasteiger charge is 2.21. The van der Waals surface area contributed by atoms with Gasteiger partial charge >= 0.3 is 5.97 Å². The van der Waals surface area contributed by atoms with Crippen molar-refractivity contribution in [3.8, 4) is 11.3 Å². The third-order valence-electron chi connectivity index (χ3n) is 3.58. The Hall–Kier alpha value is -3.55. The van der Waals surface area contributed by atoms with Crippen LogP contribution in [0.5, 0.6) is 0 Å². The lowest BCUT2D eigenvalue weighted by Crippen LogP contribution is -2.15. The van der Waals surface area contributed by atoms with Crippen molar-refractivity contribution in [2.75, 3.05) is 12.4 Å². The first-order valence-electron chi connectivity index (χ1n) is 7.40. The van der Waals surface area contributed by atoms with Crippen molar-refractivity contribution >= 4 is 17.6 Å². The molecule has 0 aliphatic carbocycles. The Morgan fingerprint density at radius 1 is 1.08 bits per heavy atom. The van der Waals surface area contributed by atoms with Crippen LogP contribution in [0.25, 0.3) is 11.3 Å². The molecule has 0 saturated carbocycles. The van der Waals surface area contributed by atoms with Crippen LogP contribution < -0.4 is 5.32 Å². The molecule has 0 fully saturated rings. The minimum absolute atomic E-state index is 0.00400. The highest BCUT2D eigenvalue weighted by atomic mass is 19.2. The second-order valence-electron chi connectivity index (χ2n) is 5.19. The third kappa shape index (κ3) is 3.30. The highest BCUT2D eigenvalue weighted by Crippen LogP contribution is 2.26. The zero-order valence-electron chi connectivity index (χ0n) is 13.5. The standard InChI is InChI=1S/C18H12F2N2O4/c1-25-18(24)11-4-2-3-5-15(11)22-17(23)12-9-21-26-16(12)10-6-7-13(19)14(20)8-10/h2-9H,1H3,(H,22,23). The van der Waals surface area contributed by atoms with Gasteiger partial charge in [0.05, 0.1) is 24.6 Å². The molecule has 0 atom stereocenters. The predicted octanol–water partition coefficient (Wildman–Crippen LogP) is 3.66. The van der Waals surface area contributed by atoms with Crippen molar-refractivity contribution in [1.29, 1.82) is 0 Å². The first-order valence-corrected chi connectivity index (χ1v) is 7.40. The summed E-state index contributed by atoms with van der Waals surface area (Å²) in [7, 11) is 1.22. The van der Waals surface area contributed by atoms with E-state index in [1.54, 1.807) is 12.1 Å². The Balaban J connectivity index is 1.92. The van der Waals surface area contributed by atoms with Gasteiger partial charge in [0.2, 0.25) is 0 Å². The maximum absolute atomic E-state index is 13.4. The average molecular weight is 358 g/mol. The normalized spacial score (nSPS) is 10.4. The van der Waals surface area contributed by atoms with Gasteiger partial charge in [-0.3, -0.25) is 4.79 Å². The summed E-state index contributed by atoms with van der Waals surface area (Å²) in [4.78, 5) is 24.3. The number of para-hydroxylation sites is 1. The van der Waals surface area contributed by atoms with Crippen LogP contribution in [0.15, 0.2) is 53.2 Å². The SMILES string of the molecule is COC(=O)c1ccccc1NC(=O)c1cnoc1-c1ccc(F)c(F)c1. The fourth-order valence-corrected chi connectivity index (χ4v) is 2.32. The summed E-state index contributed by atoms with van der Waals surface area (Å²) in [5.41, 5.74) is 0.527. The minimum Gasteiger partial charge on any atom is -0.465 e. The quantitative estimate of drug-likeness (QED) is 0.720. The van der Waals surface area contributed by atoms with Crippen LogP contribution in [0, 0.1) is 11.6 Å². The molecular weight excluding hydrogens is 346 g/mol. The van der Waals surface area contributed by atoms with Crippen molar-refractivity contribution in [2.45, 2.75) is 0 Å². The van der Waals surface area contributed by atoms with Gasteiger partial charge in [-0.2, -0.15) is 0 Å². The molecule has 0 aliphatic heterocycles. The number of anilines is 1. The van der Waals surface area contributed by atoms with Gasteiger partial charge < -0.3 is 14.6 Å². The molecule has 26 heavy (non-hydrogen) atoms. The fraction of sp³-hybridized carbons (Fsp3) is 0.0556. The van der Waals surface area contributed by atoms with Crippen LogP contribution >= 0.6 is 0 Å². The Labute approximate surface area is 146 Å². The van der Waals surface area contributed by atoms with Crippen molar-refractivity contribution < 1.29 is 27.6 Å². The number of aromatic nitrogens is 1. The zero-order chi connectivity index (χ0) is 18.7. The number of methoxy groups -OCH3 is 1. The van der Waals surface area contributed by atoms with E-state index >= 15 is 0 Å². The van der Waals surface area contributed by atoms with Gasteiger partial charge in [-0.15, -0.1) is 0 Å². The van der Waals surface area contributed by atoms with Crippen LogP contribution in [0.4, 0.5) is 14.5 Å². The largest absolute Gasteiger partial charge is 0.465 e. The number of rotatable bonds is 4. The Morgan fingerprint density at radius 3 is 2.58 bits per heavy atom. The van der Waals surface area contributed by atoms with E-state index in [0.717, 1.165) is 18.3 Å². The second-order valence-corrected chi connectivity index (χ2v) is 5.19. The monoisotopic (exact) mass is 358 g/mol. The molecule has 3 rings (SSSR count). The first kappa shape index (κ1) is 17.3. The van der Waals surface area contributed by atoms with Crippen molar-refractivity contribution in [1.82, 2.24) is 5.16 Å². The second kappa shape index (κ2) is 7.14. The summed E-state index contributed by atoms with van der Waals surface area (Å²) in [6.07, 6.45) is 1.15. The Morgan fingerprint density at radius 2 is 1.85 bits per heavy atom. The molecule has 0 spiro atoms. The van der Waals surface area contributed by atoms with Gasteiger partial charge in [0.15, 0.2) is 17.4 Å². The Kier molecular flexibility index (Phi) is 4.74. The van der Waals surface area contributed by atoms with Gasteiger partial charge in [-0.25, -0.2) is 13.6 Å². The molecule has 2 aromatic carbocycles. The third-order valence-corrected chi connectivity index (χ3v) is 3.58. The van der Waals surface area contributed by atoms with E-state index in [4.69, 9.17) is 4.52 Å². The van der Waals surface area contributed by atoms with E-state index < -0.39 is 23.5 Å². The molecule has 1 aromatic heterocycles. The average Bonchev–Trinajstić information content (AvgIpc) is 3.13. The number of hydrogen-bond acceptors (Lipinski definition) is 5. The number of hydrogen-bond donors (Lipinski definition) is 1. The number of halogens is 2. The number of carbonyl (C=O) groups excluding carboxylic acids is 2. The summed E-state index contributed by atoms with van der Waals surface area (Å²) >= 11 is 0. The number of benzene rings is 2. The molecule has 0 aliphatic rings. The molecule has 0 unspecified atom stereocenters. The van der Waals surface area contributed by atoms with Crippen molar-refractivity contribution in [2.24, 2.45) is 0 Å². The van der Waals surface area contributed by atoms with Gasteiger partial charge in [0, 0.05) is 5.56 Å². The maximum atomic E-state index is 13.4. The van der Waals surface area contributed by atoms with Gasteiger partial charge in [-0.1, -0.05) is 17.3 Å². The summed E-state index contributed by atoms with van der Waals surface area (Å²) in [6.45, 7) is 0. The van der Waals surface area contributed by atoms with Gasteiger partial charge in [0.25, 0.3) is 5.91 Å². The van der Waals surface area contributed by atoms with E-state index in [1.165, 1.54) is 25.3 Å². The van der Waals surface area contributed by atoms with Crippen LogP contribution in [0.3, 0.4) is 0 Å². The first-order chi connectivity index (χ1) is 12.5. The van der Waals surface area contributed by atoms with Gasteiger partial charge in [-0.05, 0) is 30.3 Å². The van der Waals surface area contributed by atoms with Crippen molar-refractivity contribution in [3.63, 3.8) is 0 Å². The molecule has 1 N–H and O–H groups in total.